The zero-order valence-corrected chi connectivity index (χ0v) is 12.4. The summed E-state index contributed by atoms with van der Waals surface area (Å²) < 4.78 is 0. The molecule has 2 heterocycles. The van der Waals surface area contributed by atoms with E-state index in [4.69, 9.17) is 0 Å². The van der Waals surface area contributed by atoms with Crippen LogP contribution in [0.3, 0.4) is 0 Å². The number of piperazine rings is 1. The van der Waals surface area contributed by atoms with Crippen LogP contribution < -0.4 is 5.32 Å². The molecule has 5 nitrogen and oxygen atoms in total. The Hall–Kier alpha value is -0.650. The van der Waals surface area contributed by atoms with E-state index in [-0.39, 0.29) is 5.91 Å². The summed E-state index contributed by atoms with van der Waals surface area (Å²) in [6, 6.07) is 0. The van der Waals surface area contributed by atoms with E-state index in [0.29, 0.717) is 6.54 Å². The van der Waals surface area contributed by atoms with Gasteiger partial charge in [-0.15, -0.1) is 0 Å². The molecule has 1 amide bonds. The fourth-order valence-corrected chi connectivity index (χ4v) is 2.82. The third kappa shape index (κ3) is 4.75. The van der Waals surface area contributed by atoms with Crippen molar-refractivity contribution in [1.82, 2.24) is 20.0 Å². The Bertz CT molecular complexity index is 281. The highest BCUT2D eigenvalue weighted by Crippen LogP contribution is 2.14. The predicted octanol–water partition coefficient (Wildman–Crippen LogP) is -0.308. The van der Waals surface area contributed by atoms with Gasteiger partial charge in [-0.2, -0.15) is 0 Å². The molecule has 110 valence electrons. The average molecular weight is 268 g/mol. The topological polar surface area (TPSA) is 38.8 Å². The molecular formula is C14H28N4O. The monoisotopic (exact) mass is 268 g/mol. The van der Waals surface area contributed by atoms with Crippen LogP contribution in [0.25, 0.3) is 0 Å². The summed E-state index contributed by atoms with van der Waals surface area (Å²) in [5.41, 5.74) is 0. The van der Waals surface area contributed by atoms with Crippen molar-refractivity contribution in [3.8, 4) is 0 Å². The molecule has 0 radical (unpaired) electrons. The molecule has 2 fully saturated rings. The van der Waals surface area contributed by atoms with Gasteiger partial charge < -0.3 is 20.0 Å². The molecular weight excluding hydrogens is 240 g/mol. The molecule has 0 saturated carbocycles. The highest BCUT2D eigenvalue weighted by Gasteiger charge is 2.20. The predicted molar refractivity (Wildman–Crippen MR) is 77.2 cm³/mol. The largest absolute Gasteiger partial charge is 0.339 e. The van der Waals surface area contributed by atoms with E-state index in [2.05, 4.69) is 29.2 Å². The number of carbonyl (C=O) groups excluding carboxylic acids is 1. The fourth-order valence-electron chi connectivity index (χ4n) is 2.82. The van der Waals surface area contributed by atoms with Crippen molar-refractivity contribution in [2.24, 2.45) is 5.92 Å². The summed E-state index contributed by atoms with van der Waals surface area (Å²) in [7, 11) is 4.29. The van der Waals surface area contributed by atoms with Crippen LogP contribution in [0.15, 0.2) is 0 Å². The molecule has 0 atom stereocenters. The van der Waals surface area contributed by atoms with E-state index < -0.39 is 0 Å². The number of rotatable bonds is 4. The van der Waals surface area contributed by atoms with Crippen molar-refractivity contribution >= 4 is 5.91 Å². The van der Waals surface area contributed by atoms with Gasteiger partial charge >= 0.3 is 0 Å². The highest BCUT2D eigenvalue weighted by molar-refractivity contribution is 5.78. The number of likely N-dealkylation sites (N-methyl/N-ethyl adjacent to an activating group) is 1. The number of amides is 1. The molecule has 0 aliphatic carbocycles. The Kier molecular flexibility index (Phi) is 5.60. The minimum atomic E-state index is 0.265. The van der Waals surface area contributed by atoms with E-state index in [9.17, 15) is 4.79 Å². The quantitative estimate of drug-likeness (QED) is 0.759. The van der Waals surface area contributed by atoms with E-state index in [1.54, 1.807) is 0 Å². The molecule has 5 heteroatoms. The van der Waals surface area contributed by atoms with Gasteiger partial charge in [0.1, 0.15) is 0 Å². The summed E-state index contributed by atoms with van der Waals surface area (Å²) in [5.74, 6) is 1.01. The Morgan fingerprint density at radius 2 is 1.58 bits per heavy atom. The molecule has 2 aliphatic rings. The zero-order chi connectivity index (χ0) is 13.7. The molecule has 0 aromatic carbocycles. The minimum absolute atomic E-state index is 0.265. The summed E-state index contributed by atoms with van der Waals surface area (Å²) in [6.07, 6.45) is 2.51. The second-order valence-corrected chi connectivity index (χ2v) is 6.06. The van der Waals surface area contributed by atoms with Gasteiger partial charge in [0.25, 0.3) is 0 Å². The summed E-state index contributed by atoms with van der Waals surface area (Å²) >= 11 is 0. The fraction of sp³-hybridized carbons (Fsp3) is 0.929. The van der Waals surface area contributed by atoms with Crippen LogP contribution in [0, 0.1) is 5.92 Å². The van der Waals surface area contributed by atoms with Crippen molar-refractivity contribution in [2.75, 3.05) is 66.5 Å². The van der Waals surface area contributed by atoms with E-state index >= 15 is 0 Å². The van der Waals surface area contributed by atoms with Crippen LogP contribution in [0.4, 0.5) is 0 Å². The molecule has 19 heavy (non-hydrogen) atoms. The van der Waals surface area contributed by atoms with E-state index in [1.807, 2.05) is 4.90 Å². The molecule has 0 aromatic heterocycles. The lowest BCUT2D eigenvalue weighted by atomic mass is 9.97. The summed E-state index contributed by atoms with van der Waals surface area (Å²) in [6.45, 7) is 7.65. The molecule has 2 saturated heterocycles. The number of likely N-dealkylation sites (tertiary alicyclic amines) is 1. The van der Waals surface area contributed by atoms with Gasteiger partial charge in [-0.05, 0) is 52.5 Å². The first-order valence-corrected chi connectivity index (χ1v) is 7.50. The van der Waals surface area contributed by atoms with Crippen LogP contribution in [0.5, 0.6) is 0 Å². The number of piperidine rings is 1. The Morgan fingerprint density at radius 1 is 1.00 bits per heavy atom. The first kappa shape index (κ1) is 14.8. The first-order valence-electron chi connectivity index (χ1n) is 7.50. The van der Waals surface area contributed by atoms with Crippen molar-refractivity contribution in [3.63, 3.8) is 0 Å². The SMILES string of the molecule is CN1CCC(CNCC(=O)N2CCN(C)CC2)CC1. The van der Waals surface area contributed by atoms with Crippen molar-refractivity contribution in [2.45, 2.75) is 12.8 Å². The lowest BCUT2D eigenvalue weighted by Gasteiger charge is -2.33. The Balaban J connectivity index is 1.59. The Labute approximate surface area is 116 Å². The summed E-state index contributed by atoms with van der Waals surface area (Å²) in [5, 5.41) is 3.35. The second kappa shape index (κ2) is 7.22. The minimum Gasteiger partial charge on any atom is -0.339 e. The van der Waals surface area contributed by atoms with Crippen LogP contribution in [-0.4, -0.2) is 87.1 Å². The van der Waals surface area contributed by atoms with Crippen LogP contribution >= 0.6 is 0 Å². The molecule has 1 N–H and O–H groups in total. The molecule has 0 spiro atoms. The van der Waals surface area contributed by atoms with Gasteiger partial charge in [0.15, 0.2) is 0 Å². The summed E-state index contributed by atoms with van der Waals surface area (Å²) in [4.78, 5) is 18.7. The molecule has 0 bridgehead atoms. The van der Waals surface area contributed by atoms with Crippen molar-refractivity contribution < 1.29 is 4.79 Å². The van der Waals surface area contributed by atoms with E-state index in [0.717, 1.165) is 38.6 Å². The first-order chi connectivity index (χ1) is 9.15. The highest BCUT2D eigenvalue weighted by atomic mass is 16.2. The van der Waals surface area contributed by atoms with Gasteiger partial charge in [-0.25, -0.2) is 0 Å². The maximum Gasteiger partial charge on any atom is 0.236 e. The van der Waals surface area contributed by atoms with Gasteiger partial charge in [0.2, 0.25) is 5.91 Å². The van der Waals surface area contributed by atoms with E-state index in [1.165, 1.54) is 25.9 Å². The lowest BCUT2D eigenvalue weighted by Crippen LogP contribution is -2.50. The third-order valence-electron chi connectivity index (χ3n) is 4.40. The van der Waals surface area contributed by atoms with Gasteiger partial charge in [-0.1, -0.05) is 0 Å². The number of hydrogen-bond donors (Lipinski definition) is 1. The number of nitrogens with zero attached hydrogens (tertiary/aromatic N) is 3. The Morgan fingerprint density at radius 3 is 2.21 bits per heavy atom. The second-order valence-electron chi connectivity index (χ2n) is 6.06. The van der Waals surface area contributed by atoms with Gasteiger partial charge in [0, 0.05) is 26.2 Å². The van der Waals surface area contributed by atoms with Gasteiger partial charge in [-0.3, -0.25) is 4.79 Å². The van der Waals surface area contributed by atoms with Crippen molar-refractivity contribution in [3.05, 3.63) is 0 Å². The maximum absolute atomic E-state index is 12.0. The molecule has 0 aromatic rings. The van der Waals surface area contributed by atoms with Crippen LogP contribution in [0.1, 0.15) is 12.8 Å². The molecule has 0 unspecified atom stereocenters. The van der Waals surface area contributed by atoms with Crippen LogP contribution in [0.2, 0.25) is 0 Å². The van der Waals surface area contributed by atoms with Crippen LogP contribution in [-0.2, 0) is 4.79 Å². The third-order valence-corrected chi connectivity index (χ3v) is 4.40. The molecule has 2 rings (SSSR count). The normalized spacial score (nSPS) is 23.8. The maximum atomic E-state index is 12.0. The lowest BCUT2D eigenvalue weighted by molar-refractivity contribution is -0.131. The number of nitrogens with one attached hydrogen (secondary N) is 1. The number of hydrogen-bond acceptors (Lipinski definition) is 4. The van der Waals surface area contributed by atoms with Crippen molar-refractivity contribution in [1.29, 1.82) is 0 Å². The number of carbonyl (C=O) groups is 1. The zero-order valence-electron chi connectivity index (χ0n) is 12.4. The average Bonchev–Trinajstić information content (AvgIpc) is 2.41. The molecule has 2 aliphatic heterocycles. The smallest absolute Gasteiger partial charge is 0.236 e. The standard InChI is InChI=1S/C14H28N4O/c1-16-5-3-13(4-6-16)11-15-12-14(19)18-9-7-17(2)8-10-18/h13,15H,3-12H2,1-2H3. The van der Waals surface area contributed by atoms with Gasteiger partial charge in [0.05, 0.1) is 6.54 Å².